The Balaban J connectivity index is 2.83. The highest BCUT2D eigenvalue weighted by Gasteiger charge is 2.17. The standard InChI is InChI=1S/C14H16N2O3/c1-3-11(2)15-14(19)16(10-9-13(17)18)12-7-5-4-6-8-12/h1,4-8,11H,9-10H2,2H3,(H,15,19)(H,17,18). The number of nitrogens with zero attached hydrogens (tertiary/aromatic N) is 1. The fourth-order valence-corrected chi connectivity index (χ4v) is 1.47. The maximum atomic E-state index is 12.1. The van der Waals surface area contributed by atoms with Gasteiger partial charge in [0.2, 0.25) is 0 Å². The van der Waals surface area contributed by atoms with E-state index in [0.29, 0.717) is 5.69 Å². The predicted molar refractivity (Wildman–Crippen MR) is 72.9 cm³/mol. The Hall–Kier alpha value is -2.48. The Morgan fingerprint density at radius 1 is 1.42 bits per heavy atom. The molecule has 0 aliphatic carbocycles. The van der Waals surface area contributed by atoms with Crippen molar-refractivity contribution in [1.82, 2.24) is 5.32 Å². The van der Waals surface area contributed by atoms with Gasteiger partial charge in [-0.3, -0.25) is 9.69 Å². The molecule has 0 saturated carbocycles. The van der Waals surface area contributed by atoms with Gasteiger partial charge in [0.25, 0.3) is 0 Å². The summed E-state index contributed by atoms with van der Waals surface area (Å²) in [6.45, 7) is 1.76. The maximum absolute atomic E-state index is 12.1. The molecule has 19 heavy (non-hydrogen) atoms. The van der Waals surface area contributed by atoms with Crippen LogP contribution in [-0.4, -0.2) is 29.7 Å². The van der Waals surface area contributed by atoms with Crippen molar-refractivity contribution in [1.29, 1.82) is 0 Å². The molecule has 1 aromatic rings. The largest absolute Gasteiger partial charge is 0.481 e. The number of aliphatic carboxylic acids is 1. The Kier molecular flexibility index (Phi) is 5.42. The number of carboxylic acid groups (broad SMARTS) is 1. The monoisotopic (exact) mass is 260 g/mol. The molecule has 0 heterocycles. The molecule has 0 fully saturated rings. The lowest BCUT2D eigenvalue weighted by atomic mass is 10.2. The van der Waals surface area contributed by atoms with Crippen molar-refractivity contribution in [3.8, 4) is 12.3 Å². The zero-order valence-corrected chi connectivity index (χ0v) is 10.7. The number of anilines is 1. The van der Waals surface area contributed by atoms with Gasteiger partial charge in [-0.05, 0) is 19.1 Å². The SMILES string of the molecule is C#CC(C)NC(=O)N(CCC(=O)O)c1ccccc1. The second kappa shape index (κ2) is 7.07. The van der Waals surface area contributed by atoms with E-state index in [2.05, 4.69) is 11.2 Å². The average molecular weight is 260 g/mol. The van der Waals surface area contributed by atoms with Gasteiger partial charge >= 0.3 is 12.0 Å². The van der Waals surface area contributed by atoms with Crippen molar-refractivity contribution >= 4 is 17.7 Å². The van der Waals surface area contributed by atoms with Crippen molar-refractivity contribution in [3.63, 3.8) is 0 Å². The van der Waals surface area contributed by atoms with Crippen molar-refractivity contribution in [3.05, 3.63) is 30.3 Å². The molecule has 1 unspecified atom stereocenters. The Morgan fingerprint density at radius 2 is 2.05 bits per heavy atom. The highest BCUT2D eigenvalue weighted by Crippen LogP contribution is 2.14. The van der Waals surface area contributed by atoms with Crippen LogP contribution in [0.2, 0.25) is 0 Å². The first kappa shape index (κ1) is 14.6. The van der Waals surface area contributed by atoms with E-state index in [1.807, 2.05) is 6.07 Å². The van der Waals surface area contributed by atoms with Crippen LogP contribution in [0.25, 0.3) is 0 Å². The van der Waals surface area contributed by atoms with E-state index in [-0.39, 0.29) is 13.0 Å². The number of amides is 2. The Labute approximate surface area is 112 Å². The lowest BCUT2D eigenvalue weighted by molar-refractivity contribution is -0.136. The summed E-state index contributed by atoms with van der Waals surface area (Å²) < 4.78 is 0. The highest BCUT2D eigenvalue weighted by atomic mass is 16.4. The van der Waals surface area contributed by atoms with Gasteiger partial charge in [-0.2, -0.15) is 0 Å². The van der Waals surface area contributed by atoms with Crippen LogP contribution in [0.5, 0.6) is 0 Å². The summed E-state index contributed by atoms with van der Waals surface area (Å²) in [7, 11) is 0. The third-order valence-electron chi connectivity index (χ3n) is 2.45. The number of urea groups is 1. The number of nitrogens with one attached hydrogen (secondary N) is 1. The second-order valence-electron chi connectivity index (χ2n) is 3.97. The zero-order valence-electron chi connectivity index (χ0n) is 10.7. The molecule has 0 bridgehead atoms. The first-order chi connectivity index (χ1) is 9.04. The fourth-order valence-electron chi connectivity index (χ4n) is 1.47. The van der Waals surface area contributed by atoms with Gasteiger partial charge < -0.3 is 10.4 Å². The summed E-state index contributed by atoms with van der Waals surface area (Å²) in [6, 6.07) is 8.04. The van der Waals surface area contributed by atoms with Crippen LogP contribution in [0.4, 0.5) is 10.5 Å². The van der Waals surface area contributed by atoms with E-state index >= 15 is 0 Å². The minimum atomic E-state index is -0.960. The van der Waals surface area contributed by atoms with Gasteiger partial charge in [-0.1, -0.05) is 24.1 Å². The summed E-state index contributed by atoms with van der Waals surface area (Å²) >= 11 is 0. The fraction of sp³-hybridized carbons (Fsp3) is 0.286. The molecule has 2 N–H and O–H groups in total. The van der Waals surface area contributed by atoms with Crippen molar-refractivity contribution in [2.45, 2.75) is 19.4 Å². The average Bonchev–Trinajstić information content (AvgIpc) is 2.39. The Bertz CT molecular complexity index is 479. The van der Waals surface area contributed by atoms with E-state index in [1.165, 1.54) is 4.90 Å². The van der Waals surface area contributed by atoms with Crippen LogP contribution in [0.3, 0.4) is 0 Å². The predicted octanol–water partition coefficient (Wildman–Crippen LogP) is 1.70. The van der Waals surface area contributed by atoms with Gasteiger partial charge in [-0.25, -0.2) is 4.79 Å². The van der Waals surface area contributed by atoms with E-state index in [0.717, 1.165) is 0 Å². The third-order valence-corrected chi connectivity index (χ3v) is 2.45. The molecule has 0 aromatic heterocycles. The van der Waals surface area contributed by atoms with E-state index < -0.39 is 18.0 Å². The number of carboxylic acids is 1. The van der Waals surface area contributed by atoms with Crippen LogP contribution in [0.15, 0.2) is 30.3 Å². The Morgan fingerprint density at radius 3 is 2.58 bits per heavy atom. The molecular weight excluding hydrogens is 244 g/mol. The molecule has 1 aromatic carbocycles. The number of hydrogen-bond donors (Lipinski definition) is 2. The van der Waals surface area contributed by atoms with Crippen molar-refractivity contribution in [2.24, 2.45) is 0 Å². The number of rotatable bonds is 5. The highest BCUT2D eigenvalue weighted by molar-refractivity contribution is 5.92. The number of hydrogen-bond acceptors (Lipinski definition) is 2. The second-order valence-corrected chi connectivity index (χ2v) is 3.97. The molecule has 0 radical (unpaired) electrons. The first-order valence-electron chi connectivity index (χ1n) is 5.85. The van der Waals surface area contributed by atoms with Gasteiger partial charge in [0, 0.05) is 12.2 Å². The molecular formula is C14H16N2O3. The van der Waals surface area contributed by atoms with Crippen molar-refractivity contribution in [2.75, 3.05) is 11.4 Å². The first-order valence-corrected chi connectivity index (χ1v) is 5.85. The van der Waals surface area contributed by atoms with Crippen LogP contribution in [0.1, 0.15) is 13.3 Å². The molecule has 1 rings (SSSR count). The van der Waals surface area contributed by atoms with Crippen molar-refractivity contribution < 1.29 is 14.7 Å². The minimum Gasteiger partial charge on any atom is -0.481 e. The minimum absolute atomic E-state index is 0.0858. The third kappa shape index (κ3) is 4.72. The van der Waals surface area contributed by atoms with E-state index in [1.54, 1.807) is 31.2 Å². The van der Waals surface area contributed by atoms with Gasteiger partial charge in [0.1, 0.15) is 0 Å². The summed E-state index contributed by atoms with van der Waals surface area (Å²) in [5.41, 5.74) is 0.630. The van der Waals surface area contributed by atoms with Gasteiger partial charge in [-0.15, -0.1) is 6.42 Å². The summed E-state index contributed by atoms with van der Waals surface area (Å²) in [6.07, 6.45) is 5.07. The molecule has 0 aliphatic heterocycles. The molecule has 0 spiro atoms. The molecule has 2 amide bonds. The number of para-hydroxylation sites is 1. The van der Waals surface area contributed by atoms with Crippen LogP contribution in [0, 0.1) is 12.3 Å². The van der Waals surface area contributed by atoms with E-state index in [4.69, 9.17) is 11.5 Å². The molecule has 100 valence electrons. The van der Waals surface area contributed by atoms with Crippen LogP contribution >= 0.6 is 0 Å². The molecule has 0 saturated heterocycles. The van der Waals surface area contributed by atoms with Crippen LogP contribution in [-0.2, 0) is 4.79 Å². The lowest BCUT2D eigenvalue weighted by Gasteiger charge is -2.23. The van der Waals surface area contributed by atoms with Crippen LogP contribution < -0.4 is 10.2 Å². The molecule has 5 heteroatoms. The summed E-state index contributed by atoms with van der Waals surface area (Å²) in [5, 5.41) is 11.3. The van der Waals surface area contributed by atoms with E-state index in [9.17, 15) is 9.59 Å². The number of carbonyl (C=O) groups is 2. The quantitative estimate of drug-likeness (QED) is 0.792. The number of terminal acetylenes is 1. The number of benzene rings is 1. The van der Waals surface area contributed by atoms with Gasteiger partial charge in [0.15, 0.2) is 0 Å². The topological polar surface area (TPSA) is 69.6 Å². The normalized spacial score (nSPS) is 11.2. The maximum Gasteiger partial charge on any atom is 0.322 e. The zero-order chi connectivity index (χ0) is 14.3. The smallest absolute Gasteiger partial charge is 0.322 e. The van der Waals surface area contributed by atoms with Gasteiger partial charge in [0.05, 0.1) is 12.5 Å². The lowest BCUT2D eigenvalue weighted by Crippen LogP contribution is -2.44. The summed E-state index contributed by atoms with van der Waals surface area (Å²) in [4.78, 5) is 24.1. The molecule has 0 aliphatic rings. The molecule has 1 atom stereocenters. The summed E-state index contributed by atoms with van der Waals surface area (Å²) in [5.74, 6) is 1.43. The number of carbonyl (C=O) groups excluding carboxylic acids is 1. The molecule has 5 nitrogen and oxygen atoms in total.